The lowest BCUT2D eigenvalue weighted by Crippen LogP contribution is -2.13. The first-order valence-electron chi connectivity index (χ1n) is 5.65. The van der Waals surface area contributed by atoms with Gasteiger partial charge in [0, 0.05) is 11.9 Å². The van der Waals surface area contributed by atoms with Gasteiger partial charge in [-0.3, -0.25) is 4.79 Å². The molecular weight excluding hydrogens is 278 g/mol. The number of methoxy groups -OCH3 is 1. The second-order valence-corrected chi connectivity index (χ2v) is 4.25. The van der Waals surface area contributed by atoms with Crippen LogP contribution in [0.5, 0.6) is 5.75 Å². The summed E-state index contributed by atoms with van der Waals surface area (Å²) < 4.78 is 5.03. The minimum absolute atomic E-state index is 0.218. The zero-order valence-corrected chi connectivity index (χ0v) is 11.3. The Balaban J connectivity index is 2.14. The van der Waals surface area contributed by atoms with Crippen molar-refractivity contribution in [3.05, 3.63) is 52.8 Å². The van der Waals surface area contributed by atoms with Gasteiger partial charge in [-0.2, -0.15) is 5.26 Å². The average Bonchev–Trinajstić information content (AvgIpc) is 2.47. The van der Waals surface area contributed by atoms with Gasteiger partial charge in [0.1, 0.15) is 17.5 Å². The summed E-state index contributed by atoms with van der Waals surface area (Å²) in [7, 11) is 1.51. The number of nitrogens with one attached hydrogen (secondary N) is 1. The number of hydrogen-bond donors (Lipinski definition) is 1. The van der Waals surface area contributed by atoms with Crippen LogP contribution >= 0.6 is 11.6 Å². The standard InChI is InChI=1S/C14H10ClN3O2/c1-20-13-5-3-10(6-11(13)15)18-14(19)12-4-2-9(7-16)8-17-12/h2-6,8H,1H3,(H,18,19). The number of pyridine rings is 1. The van der Waals surface area contributed by atoms with Crippen molar-refractivity contribution in [1.29, 1.82) is 5.26 Å². The summed E-state index contributed by atoms with van der Waals surface area (Å²) >= 11 is 5.97. The van der Waals surface area contributed by atoms with Crippen molar-refractivity contribution in [2.24, 2.45) is 0 Å². The van der Waals surface area contributed by atoms with Crippen LogP contribution in [0, 0.1) is 11.3 Å². The lowest BCUT2D eigenvalue weighted by atomic mass is 10.2. The molecule has 6 heteroatoms. The van der Waals surface area contributed by atoms with Crippen LogP contribution < -0.4 is 10.1 Å². The zero-order chi connectivity index (χ0) is 14.5. The molecule has 1 aromatic carbocycles. The summed E-state index contributed by atoms with van der Waals surface area (Å²) in [5, 5.41) is 11.7. The number of amides is 1. The molecule has 1 heterocycles. The van der Waals surface area contributed by atoms with Gasteiger partial charge in [0.15, 0.2) is 0 Å². The molecule has 1 amide bonds. The number of nitrogens with zero attached hydrogens (tertiary/aromatic N) is 2. The molecule has 0 spiro atoms. The Hall–Kier alpha value is -2.58. The van der Waals surface area contributed by atoms with Gasteiger partial charge in [-0.1, -0.05) is 11.6 Å². The van der Waals surface area contributed by atoms with Gasteiger partial charge in [0.05, 0.1) is 17.7 Å². The number of halogens is 1. The molecule has 0 unspecified atom stereocenters. The Kier molecular flexibility index (Phi) is 4.18. The lowest BCUT2D eigenvalue weighted by Gasteiger charge is -2.07. The largest absolute Gasteiger partial charge is 0.495 e. The monoisotopic (exact) mass is 287 g/mol. The number of ether oxygens (including phenoxy) is 1. The number of carbonyl (C=O) groups excluding carboxylic acids is 1. The Labute approximate surface area is 120 Å². The van der Waals surface area contributed by atoms with Crippen LogP contribution in [0.2, 0.25) is 5.02 Å². The van der Waals surface area contributed by atoms with E-state index in [-0.39, 0.29) is 11.6 Å². The van der Waals surface area contributed by atoms with Crippen molar-refractivity contribution >= 4 is 23.2 Å². The highest BCUT2D eigenvalue weighted by molar-refractivity contribution is 6.32. The molecule has 0 radical (unpaired) electrons. The second kappa shape index (κ2) is 6.04. The van der Waals surface area contributed by atoms with E-state index in [1.165, 1.54) is 25.4 Å². The van der Waals surface area contributed by atoms with Crippen molar-refractivity contribution < 1.29 is 9.53 Å². The maximum absolute atomic E-state index is 11.9. The van der Waals surface area contributed by atoms with Crippen LogP contribution in [-0.4, -0.2) is 18.0 Å². The highest BCUT2D eigenvalue weighted by atomic mass is 35.5. The van der Waals surface area contributed by atoms with Crippen LogP contribution in [0.3, 0.4) is 0 Å². The maximum atomic E-state index is 11.9. The number of aromatic nitrogens is 1. The van der Waals surface area contributed by atoms with Gasteiger partial charge >= 0.3 is 0 Å². The van der Waals surface area contributed by atoms with E-state index in [2.05, 4.69) is 10.3 Å². The normalized spacial score (nSPS) is 9.65. The molecule has 0 aliphatic heterocycles. The predicted octanol–water partition coefficient (Wildman–Crippen LogP) is 2.87. The van der Waals surface area contributed by atoms with E-state index in [9.17, 15) is 4.79 Å². The van der Waals surface area contributed by atoms with Crippen LogP contribution in [0.1, 0.15) is 16.1 Å². The predicted molar refractivity (Wildman–Crippen MR) is 74.9 cm³/mol. The van der Waals surface area contributed by atoms with Crippen molar-refractivity contribution in [3.63, 3.8) is 0 Å². The van der Waals surface area contributed by atoms with E-state index in [4.69, 9.17) is 21.6 Å². The molecule has 0 saturated heterocycles. The van der Waals surface area contributed by atoms with Crippen molar-refractivity contribution in [3.8, 4) is 11.8 Å². The third-order valence-electron chi connectivity index (χ3n) is 2.53. The highest BCUT2D eigenvalue weighted by Crippen LogP contribution is 2.27. The van der Waals surface area contributed by atoms with Gasteiger partial charge in [-0.15, -0.1) is 0 Å². The summed E-state index contributed by atoms with van der Waals surface area (Å²) in [6.45, 7) is 0. The fraction of sp³-hybridized carbons (Fsp3) is 0.0714. The third-order valence-corrected chi connectivity index (χ3v) is 2.83. The number of nitriles is 1. The van der Waals surface area contributed by atoms with E-state index in [0.29, 0.717) is 22.0 Å². The molecule has 2 rings (SSSR count). The van der Waals surface area contributed by atoms with Gasteiger partial charge in [0.2, 0.25) is 0 Å². The van der Waals surface area contributed by atoms with Crippen LogP contribution in [-0.2, 0) is 0 Å². The molecule has 1 N–H and O–H groups in total. The summed E-state index contributed by atoms with van der Waals surface area (Å²) in [6, 6.07) is 9.87. The minimum atomic E-state index is -0.379. The molecule has 5 nitrogen and oxygen atoms in total. The molecule has 2 aromatic rings. The molecule has 20 heavy (non-hydrogen) atoms. The molecule has 0 bridgehead atoms. The quantitative estimate of drug-likeness (QED) is 0.942. The first kappa shape index (κ1) is 13.8. The number of benzene rings is 1. The number of carbonyl (C=O) groups is 1. The van der Waals surface area contributed by atoms with E-state index in [0.717, 1.165) is 0 Å². The van der Waals surface area contributed by atoms with E-state index >= 15 is 0 Å². The van der Waals surface area contributed by atoms with Gasteiger partial charge in [-0.05, 0) is 30.3 Å². The molecule has 0 atom stereocenters. The molecule has 0 aliphatic rings. The first-order valence-corrected chi connectivity index (χ1v) is 6.03. The third kappa shape index (κ3) is 3.05. The molecule has 100 valence electrons. The summed E-state index contributed by atoms with van der Waals surface area (Å²) in [5.74, 6) is 0.150. The Morgan fingerprint density at radius 2 is 2.20 bits per heavy atom. The van der Waals surface area contributed by atoms with Gasteiger partial charge in [0.25, 0.3) is 5.91 Å². The Morgan fingerprint density at radius 3 is 2.75 bits per heavy atom. The minimum Gasteiger partial charge on any atom is -0.495 e. The smallest absolute Gasteiger partial charge is 0.274 e. The highest BCUT2D eigenvalue weighted by Gasteiger charge is 2.09. The molecular formula is C14H10ClN3O2. The van der Waals surface area contributed by atoms with Crippen LogP contribution in [0.15, 0.2) is 36.5 Å². The number of anilines is 1. The molecule has 0 aliphatic carbocycles. The molecule has 0 saturated carbocycles. The molecule has 0 fully saturated rings. The van der Waals surface area contributed by atoms with Crippen LogP contribution in [0.25, 0.3) is 0 Å². The van der Waals surface area contributed by atoms with E-state index in [1.807, 2.05) is 6.07 Å². The Bertz CT molecular complexity index is 678. The Morgan fingerprint density at radius 1 is 1.40 bits per heavy atom. The number of rotatable bonds is 3. The second-order valence-electron chi connectivity index (χ2n) is 3.85. The fourth-order valence-electron chi connectivity index (χ4n) is 1.53. The van der Waals surface area contributed by atoms with Crippen molar-refractivity contribution in [2.45, 2.75) is 0 Å². The van der Waals surface area contributed by atoms with Gasteiger partial charge in [-0.25, -0.2) is 4.98 Å². The lowest BCUT2D eigenvalue weighted by molar-refractivity contribution is 0.102. The first-order chi connectivity index (χ1) is 9.63. The van der Waals surface area contributed by atoms with Crippen molar-refractivity contribution in [2.75, 3.05) is 12.4 Å². The maximum Gasteiger partial charge on any atom is 0.274 e. The summed E-state index contributed by atoms with van der Waals surface area (Å²) in [5.41, 5.74) is 1.15. The van der Waals surface area contributed by atoms with Crippen LogP contribution in [0.4, 0.5) is 5.69 Å². The zero-order valence-electron chi connectivity index (χ0n) is 10.6. The summed E-state index contributed by atoms with van der Waals surface area (Å²) in [6.07, 6.45) is 1.34. The number of hydrogen-bond acceptors (Lipinski definition) is 4. The van der Waals surface area contributed by atoms with Crippen molar-refractivity contribution in [1.82, 2.24) is 4.98 Å². The topological polar surface area (TPSA) is 75.0 Å². The fourth-order valence-corrected chi connectivity index (χ4v) is 1.79. The van der Waals surface area contributed by atoms with E-state index < -0.39 is 0 Å². The average molecular weight is 288 g/mol. The van der Waals surface area contributed by atoms with E-state index in [1.54, 1.807) is 18.2 Å². The van der Waals surface area contributed by atoms with Gasteiger partial charge < -0.3 is 10.1 Å². The SMILES string of the molecule is COc1ccc(NC(=O)c2ccc(C#N)cn2)cc1Cl. The summed E-state index contributed by atoms with van der Waals surface area (Å²) in [4.78, 5) is 15.9. The molecule has 1 aromatic heterocycles.